The van der Waals surface area contributed by atoms with Crippen LogP contribution in [0, 0.1) is 0 Å². The maximum Gasteiger partial charge on any atom is 0.0778 e. The standard InChI is InChI=1S/C26H18N2/c1-3-9-18(10-4-1)22-17-23-20-13-7-8-14-24(20)27-25(23)26-21(22)15-16-28(26)19-11-5-2-6-12-19/h1-17,27H. The summed E-state index contributed by atoms with van der Waals surface area (Å²) < 4.78 is 2.29. The van der Waals surface area contributed by atoms with E-state index in [1.807, 2.05) is 0 Å². The number of benzene rings is 4. The normalized spacial score (nSPS) is 11.6. The molecule has 0 unspecified atom stereocenters. The zero-order valence-electron chi connectivity index (χ0n) is 15.3. The van der Waals surface area contributed by atoms with Gasteiger partial charge in [-0.05, 0) is 41.5 Å². The van der Waals surface area contributed by atoms with E-state index >= 15 is 0 Å². The summed E-state index contributed by atoms with van der Waals surface area (Å²) in [5.41, 5.74) is 7.25. The Morgan fingerprint density at radius 2 is 1.32 bits per heavy atom. The quantitative estimate of drug-likeness (QED) is 0.346. The Morgan fingerprint density at radius 3 is 2.14 bits per heavy atom. The molecule has 0 aliphatic rings. The number of para-hydroxylation sites is 2. The number of nitrogens with zero attached hydrogens (tertiary/aromatic N) is 1. The van der Waals surface area contributed by atoms with Crippen molar-refractivity contribution in [2.24, 2.45) is 0 Å². The molecule has 132 valence electrons. The van der Waals surface area contributed by atoms with Crippen LogP contribution in [0.2, 0.25) is 0 Å². The van der Waals surface area contributed by atoms with E-state index in [1.165, 1.54) is 49.5 Å². The highest BCUT2D eigenvalue weighted by molar-refractivity contribution is 6.20. The van der Waals surface area contributed by atoms with Crippen molar-refractivity contribution in [1.29, 1.82) is 0 Å². The highest BCUT2D eigenvalue weighted by atomic mass is 15.0. The number of H-pyrrole nitrogens is 1. The molecular formula is C26H18N2. The van der Waals surface area contributed by atoms with Gasteiger partial charge in [-0.3, -0.25) is 0 Å². The van der Waals surface area contributed by atoms with Gasteiger partial charge in [-0.1, -0.05) is 66.7 Å². The summed E-state index contributed by atoms with van der Waals surface area (Å²) in [7, 11) is 0. The zero-order chi connectivity index (χ0) is 18.5. The number of fused-ring (bicyclic) bond motifs is 5. The van der Waals surface area contributed by atoms with E-state index in [2.05, 4.69) is 113 Å². The highest BCUT2D eigenvalue weighted by Gasteiger charge is 2.16. The van der Waals surface area contributed by atoms with Gasteiger partial charge in [0.05, 0.1) is 11.0 Å². The van der Waals surface area contributed by atoms with Gasteiger partial charge in [-0.25, -0.2) is 0 Å². The number of hydrogen-bond acceptors (Lipinski definition) is 0. The van der Waals surface area contributed by atoms with E-state index in [9.17, 15) is 0 Å². The maximum atomic E-state index is 3.68. The molecule has 0 atom stereocenters. The van der Waals surface area contributed by atoms with Crippen molar-refractivity contribution in [3.05, 3.63) is 103 Å². The first kappa shape index (κ1) is 15.3. The summed E-state index contributed by atoms with van der Waals surface area (Å²) in [6.45, 7) is 0. The average molecular weight is 358 g/mol. The van der Waals surface area contributed by atoms with Crippen LogP contribution in [0.4, 0.5) is 0 Å². The number of nitrogens with one attached hydrogen (secondary N) is 1. The van der Waals surface area contributed by atoms with Gasteiger partial charge in [-0.2, -0.15) is 0 Å². The van der Waals surface area contributed by atoms with Crippen molar-refractivity contribution in [2.45, 2.75) is 0 Å². The third-order valence-corrected chi connectivity index (χ3v) is 5.57. The predicted molar refractivity (Wildman–Crippen MR) is 118 cm³/mol. The molecule has 0 radical (unpaired) electrons. The molecule has 1 N–H and O–H groups in total. The number of rotatable bonds is 2. The fraction of sp³-hybridized carbons (Fsp3) is 0. The first-order valence-corrected chi connectivity index (χ1v) is 9.55. The third kappa shape index (κ3) is 2.15. The summed E-state index contributed by atoms with van der Waals surface area (Å²) in [6, 6.07) is 34.3. The van der Waals surface area contributed by atoms with Gasteiger partial charge in [0.15, 0.2) is 0 Å². The van der Waals surface area contributed by atoms with Crippen molar-refractivity contribution in [3.63, 3.8) is 0 Å². The Kier molecular flexibility index (Phi) is 3.20. The molecule has 0 aliphatic heterocycles. The lowest BCUT2D eigenvalue weighted by Crippen LogP contribution is -1.92. The van der Waals surface area contributed by atoms with Gasteiger partial charge in [0, 0.05) is 33.6 Å². The molecule has 6 rings (SSSR count). The molecule has 2 heterocycles. The van der Waals surface area contributed by atoms with Gasteiger partial charge in [0.2, 0.25) is 0 Å². The van der Waals surface area contributed by atoms with Crippen LogP contribution in [0.3, 0.4) is 0 Å². The first-order valence-electron chi connectivity index (χ1n) is 9.55. The minimum atomic E-state index is 1.17. The number of hydrogen-bond donors (Lipinski definition) is 1. The maximum absolute atomic E-state index is 3.68. The summed E-state index contributed by atoms with van der Waals surface area (Å²) in [6.07, 6.45) is 2.18. The molecule has 2 heteroatoms. The fourth-order valence-corrected chi connectivity index (χ4v) is 4.29. The van der Waals surface area contributed by atoms with Crippen LogP contribution in [0.25, 0.3) is 49.5 Å². The second-order valence-corrected chi connectivity index (χ2v) is 7.17. The molecule has 0 aliphatic carbocycles. The van der Waals surface area contributed by atoms with Gasteiger partial charge in [0.1, 0.15) is 0 Å². The van der Waals surface area contributed by atoms with E-state index in [-0.39, 0.29) is 0 Å². The monoisotopic (exact) mass is 358 g/mol. The molecule has 2 aromatic heterocycles. The van der Waals surface area contributed by atoms with Crippen LogP contribution in [0.1, 0.15) is 0 Å². The van der Waals surface area contributed by atoms with Crippen LogP contribution in [-0.2, 0) is 0 Å². The summed E-state index contributed by atoms with van der Waals surface area (Å²) in [5.74, 6) is 0. The fourth-order valence-electron chi connectivity index (χ4n) is 4.29. The smallest absolute Gasteiger partial charge is 0.0778 e. The Bertz CT molecular complexity index is 1440. The van der Waals surface area contributed by atoms with Crippen LogP contribution in [0.5, 0.6) is 0 Å². The molecular weight excluding hydrogens is 340 g/mol. The molecule has 0 saturated heterocycles. The van der Waals surface area contributed by atoms with Crippen LogP contribution in [0.15, 0.2) is 103 Å². The largest absolute Gasteiger partial charge is 0.353 e. The lowest BCUT2D eigenvalue weighted by Gasteiger charge is -2.10. The molecule has 0 amide bonds. The minimum Gasteiger partial charge on any atom is -0.353 e. The number of aromatic nitrogens is 2. The molecule has 0 fully saturated rings. The van der Waals surface area contributed by atoms with E-state index in [0.717, 1.165) is 0 Å². The van der Waals surface area contributed by atoms with Crippen molar-refractivity contribution >= 4 is 32.7 Å². The molecule has 0 spiro atoms. The van der Waals surface area contributed by atoms with Crippen LogP contribution < -0.4 is 0 Å². The van der Waals surface area contributed by atoms with Crippen LogP contribution >= 0.6 is 0 Å². The Labute approximate surface area is 162 Å². The SMILES string of the molecule is c1ccc(-c2cc3c4ccccc4[nH]c3c3c2ccn3-c2ccccc2)cc1. The zero-order valence-corrected chi connectivity index (χ0v) is 15.3. The van der Waals surface area contributed by atoms with Crippen molar-refractivity contribution in [2.75, 3.05) is 0 Å². The van der Waals surface area contributed by atoms with E-state index in [4.69, 9.17) is 0 Å². The molecule has 0 bridgehead atoms. The molecule has 4 aromatic carbocycles. The van der Waals surface area contributed by atoms with Gasteiger partial charge < -0.3 is 9.55 Å². The predicted octanol–water partition coefficient (Wildman–Crippen LogP) is 6.93. The average Bonchev–Trinajstić information content (AvgIpc) is 3.36. The molecule has 6 aromatic rings. The summed E-state index contributed by atoms with van der Waals surface area (Å²) in [5, 5.41) is 3.78. The van der Waals surface area contributed by atoms with Crippen molar-refractivity contribution < 1.29 is 0 Å². The second kappa shape index (κ2) is 5.86. The lowest BCUT2D eigenvalue weighted by atomic mass is 9.98. The van der Waals surface area contributed by atoms with E-state index in [0.29, 0.717) is 0 Å². The minimum absolute atomic E-state index is 1.17. The summed E-state index contributed by atoms with van der Waals surface area (Å²) >= 11 is 0. The van der Waals surface area contributed by atoms with Gasteiger partial charge in [-0.15, -0.1) is 0 Å². The van der Waals surface area contributed by atoms with Crippen molar-refractivity contribution in [3.8, 4) is 16.8 Å². The van der Waals surface area contributed by atoms with E-state index in [1.54, 1.807) is 0 Å². The van der Waals surface area contributed by atoms with E-state index < -0.39 is 0 Å². The third-order valence-electron chi connectivity index (χ3n) is 5.57. The topological polar surface area (TPSA) is 20.7 Å². The lowest BCUT2D eigenvalue weighted by molar-refractivity contribution is 1.13. The molecule has 0 saturated carbocycles. The molecule has 28 heavy (non-hydrogen) atoms. The Hall–Kier alpha value is -3.78. The number of aromatic amines is 1. The van der Waals surface area contributed by atoms with Crippen LogP contribution in [-0.4, -0.2) is 9.55 Å². The Balaban J connectivity index is 1.82. The second-order valence-electron chi connectivity index (χ2n) is 7.17. The summed E-state index contributed by atoms with van der Waals surface area (Å²) in [4.78, 5) is 3.68. The van der Waals surface area contributed by atoms with Gasteiger partial charge >= 0.3 is 0 Å². The Morgan fingerprint density at radius 1 is 0.607 bits per heavy atom. The molecule has 2 nitrogen and oxygen atoms in total. The van der Waals surface area contributed by atoms with Gasteiger partial charge in [0.25, 0.3) is 0 Å². The highest BCUT2D eigenvalue weighted by Crippen LogP contribution is 2.39. The van der Waals surface area contributed by atoms with Crippen molar-refractivity contribution in [1.82, 2.24) is 9.55 Å². The first-order chi connectivity index (χ1) is 13.9.